The molecule has 3 nitrogen and oxygen atoms in total. The van der Waals surface area contributed by atoms with Gasteiger partial charge in [-0.15, -0.1) is 0 Å². The van der Waals surface area contributed by atoms with Gasteiger partial charge < -0.3 is 5.32 Å². The number of carbonyl (C=O) groups excluding carboxylic acids is 2. The lowest BCUT2D eigenvalue weighted by atomic mass is 9.51. The zero-order valence-electron chi connectivity index (χ0n) is 9.68. The molecule has 2 saturated carbocycles. The predicted molar refractivity (Wildman–Crippen MR) is 59.9 cm³/mol. The molecule has 3 heteroatoms. The lowest BCUT2D eigenvalue weighted by molar-refractivity contribution is -0.143. The zero-order chi connectivity index (χ0) is 11.2. The normalized spacial score (nSPS) is 43.2. The Hall–Kier alpha value is -0.860. The minimum Gasteiger partial charge on any atom is -0.350 e. The number of amides is 1. The fraction of sp³-hybridized carbons (Fsp3) is 0.846. The van der Waals surface area contributed by atoms with E-state index < -0.39 is 0 Å². The fourth-order valence-corrected chi connectivity index (χ4v) is 4.25. The highest BCUT2D eigenvalue weighted by Crippen LogP contribution is 2.56. The van der Waals surface area contributed by atoms with Crippen LogP contribution in [0.25, 0.3) is 0 Å². The van der Waals surface area contributed by atoms with Gasteiger partial charge in [0.1, 0.15) is 5.78 Å². The lowest BCUT2D eigenvalue weighted by Crippen LogP contribution is -2.67. The molecule has 3 rings (SSSR count). The number of carbonyl (C=O) groups is 2. The summed E-state index contributed by atoms with van der Waals surface area (Å²) in [6.45, 7) is 0. The molecular formula is C13H19NO2. The van der Waals surface area contributed by atoms with E-state index in [9.17, 15) is 9.59 Å². The van der Waals surface area contributed by atoms with Crippen molar-refractivity contribution in [2.45, 2.75) is 63.3 Å². The van der Waals surface area contributed by atoms with Crippen molar-refractivity contribution in [3.05, 3.63) is 0 Å². The molecule has 1 amide bonds. The van der Waals surface area contributed by atoms with Crippen LogP contribution in [0.15, 0.2) is 0 Å². The van der Waals surface area contributed by atoms with Crippen LogP contribution in [-0.4, -0.2) is 17.2 Å². The van der Waals surface area contributed by atoms with Gasteiger partial charge in [0, 0.05) is 19.3 Å². The summed E-state index contributed by atoms with van der Waals surface area (Å²) in [6.07, 6.45) is 8.66. The molecule has 2 atom stereocenters. The Balaban J connectivity index is 2.00. The van der Waals surface area contributed by atoms with Crippen molar-refractivity contribution in [3.8, 4) is 0 Å². The van der Waals surface area contributed by atoms with Crippen molar-refractivity contribution in [1.82, 2.24) is 5.32 Å². The van der Waals surface area contributed by atoms with Crippen molar-refractivity contribution >= 4 is 11.7 Å². The number of nitrogens with one attached hydrogen (secondary N) is 1. The first-order valence-electron chi connectivity index (χ1n) is 6.49. The first kappa shape index (κ1) is 10.3. The number of ketones is 1. The molecule has 2 aliphatic carbocycles. The minimum absolute atomic E-state index is 0.157. The molecule has 0 bridgehead atoms. The third-order valence-electron chi connectivity index (χ3n) is 5.11. The molecule has 16 heavy (non-hydrogen) atoms. The SMILES string of the molecule is O=C1CC[C@@]23CCCC[C@]2(C1)NC(=O)CC3. The van der Waals surface area contributed by atoms with Crippen molar-refractivity contribution in [2.24, 2.45) is 5.41 Å². The summed E-state index contributed by atoms with van der Waals surface area (Å²) in [4.78, 5) is 23.4. The minimum atomic E-state index is -0.157. The Bertz CT molecular complexity index is 326. The monoisotopic (exact) mass is 221 g/mol. The van der Waals surface area contributed by atoms with Crippen LogP contribution in [0.4, 0.5) is 0 Å². The van der Waals surface area contributed by atoms with Gasteiger partial charge in [0.25, 0.3) is 0 Å². The molecule has 88 valence electrons. The van der Waals surface area contributed by atoms with E-state index >= 15 is 0 Å². The van der Waals surface area contributed by atoms with Gasteiger partial charge in [-0.1, -0.05) is 12.8 Å². The van der Waals surface area contributed by atoms with Crippen LogP contribution < -0.4 is 5.32 Å². The van der Waals surface area contributed by atoms with Gasteiger partial charge in [0.2, 0.25) is 5.91 Å². The van der Waals surface area contributed by atoms with Gasteiger partial charge >= 0.3 is 0 Å². The summed E-state index contributed by atoms with van der Waals surface area (Å²) in [5.74, 6) is 0.506. The number of rotatable bonds is 0. The second-order valence-corrected chi connectivity index (χ2v) is 5.83. The maximum atomic E-state index is 11.7. The smallest absolute Gasteiger partial charge is 0.220 e. The molecule has 1 aliphatic heterocycles. The molecule has 3 aliphatic rings. The maximum absolute atomic E-state index is 11.7. The highest BCUT2D eigenvalue weighted by atomic mass is 16.2. The molecule has 0 spiro atoms. The fourth-order valence-electron chi connectivity index (χ4n) is 4.25. The summed E-state index contributed by atoms with van der Waals surface area (Å²) in [5, 5.41) is 3.20. The standard InChI is InChI=1S/C13H19NO2/c15-10-3-7-12-5-1-2-6-13(12,9-10)14-11(16)4-8-12/h1-9H2,(H,14,16)/t12-,13-/m1/s1. The lowest BCUT2D eigenvalue weighted by Gasteiger charge is -2.59. The maximum Gasteiger partial charge on any atom is 0.220 e. The molecular weight excluding hydrogens is 202 g/mol. The van der Waals surface area contributed by atoms with Crippen LogP contribution in [0.1, 0.15) is 57.8 Å². The number of hydrogen-bond acceptors (Lipinski definition) is 2. The third kappa shape index (κ3) is 1.26. The van der Waals surface area contributed by atoms with Crippen LogP contribution in [0, 0.1) is 5.41 Å². The Morgan fingerprint density at radius 2 is 1.69 bits per heavy atom. The van der Waals surface area contributed by atoms with Crippen molar-refractivity contribution in [3.63, 3.8) is 0 Å². The van der Waals surface area contributed by atoms with Gasteiger partial charge in [0.15, 0.2) is 0 Å². The predicted octanol–water partition coefficient (Wildman–Crippen LogP) is 1.95. The van der Waals surface area contributed by atoms with E-state index in [4.69, 9.17) is 0 Å². The first-order chi connectivity index (χ1) is 7.66. The van der Waals surface area contributed by atoms with Crippen LogP contribution in [0.5, 0.6) is 0 Å². The highest BCUT2D eigenvalue weighted by molar-refractivity contribution is 5.85. The summed E-state index contributed by atoms with van der Waals surface area (Å²) in [5.41, 5.74) is 0.100. The molecule has 0 aromatic rings. The number of hydrogen-bond donors (Lipinski definition) is 1. The summed E-state index contributed by atoms with van der Waals surface area (Å²) in [6, 6.07) is 0. The van der Waals surface area contributed by atoms with Gasteiger partial charge in [-0.2, -0.15) is 0 Å². The molecule has 0 aromatic heterocycles. The Morgan fingerprint density at radius 3 is 2.56 bits per heavy atom. The molecule has 0 aromatic carbocycles. The van der Waals surface area contributed by atoms with Crippen LogP contribution in [0.2, 0.25) is 0 Å². The van der Waals surface area contributed by atoms with E-state index in [1.807, 2.05) is 0 Å². The summed E-state index contributed by atoms with van der Waals surface area (Å²) < 4.78 is 0. The van der Waals surface area contributed by atoms with E-state index in [-0.39, 0.29) is 16.9 Å². The molecule has 0 unspecified atom stereocenters. The first-order valence-corrected chi connectivity index (χ1v) is 6.49. The van der Waals surface area contributed by atoms with E-state index in [1.165, 1.54) is 12.8 Å². The largest absolute Gasteiger partial charge is 0.350 e. The van der Waals surface area contributed by atoms with Gasteiger partial charge in [-0.3, -0.25) is 9.59 Å². The van der Waals surface area contributed by atoms with Crippen LogP contribution in [-0.2, 0) is 9.59 Å². The Morgan fingerprint density at radius 1 is 0.938 bits per heavy atom. The number of piperidine rings is 1. The molecule has 1 N–H and O–H groups in total. The van der Waals surface area contributed by atoms with Crippen molar-refractivity contribution in [2.75, 3.05) is 0 Å². The van der Waals surface area contributed by atoms with E-state index in [1.54, 1.807) is 0 Å². The zero-order valence-corrected chi connectivity index (χ0v) is 9.68. The van der Waals surface area contributed by atoms with Gasteiger partial charge in [-0.05, 0) is 31.1 Å². The van der Waals surface area contributed by atoms with E-state index in [0.717, 1.165) is 32.1 Å². The molecule has 0 radical (unpaired) electrons. The highest BCUT2D eigenvalue weighted by Gasteiger charge is 2.57. The average Bonchev–Trinajstić information content (AvgIpc) is 2.27. The van der Waals surface area contributed by atoms with Gasteiger partial charge in [-0.25, -0.2) is 0 Å². The van der Waals surface area contributed by atoms with Crippen molar-refractivity contribution < 1.29 is 9.59 Å². The third-order valence-corrected chi connectivity index (χ3v) is 5.11. The molecule has 1 heterocycles. The summed E-state index contributed by atoms with van der Waals surface area (Å²) in [7, 11) is 0. The van der Waals surface area contributed by atoms with Crippen molar-refractivity contribution in [1.29, 1.82) is 0 Å². The topological polar surface area (TPSA) is 46.2 Å². The molecule has 3 fully saturated rings. The Kier molecular flexibility index (Phi) is 2.13. The van der Waals surface area contributed by atoms with Crippen LogP contribution >= 0.6 is 0 Å². The number of Topliss-reactive ketones (excluding diaryl/α,β-unsaturated/α-hetero) is 1. The second-order valence-electron chi connectivity index (χ2n) is 5.83. The van der Waals surface area contributed by atoms with E-state index in [0.29, 0.717) is 18.6 Å². The summed E-state index contributed by atoms with van der Waals surface area (Å²) >= 11 is 0. The molecule has 1 saturated heterocycles. The van der Waals surface area contributed by atoms with Crippen LogP contribution in [0.3, 0.4) is 0 Å². The Labute approximate surface area is 96.0 Å². The van der Waals surface area contributed by atoms with Gasteiger partial charge in [0.05, 0.1) is 5.54 Å². The average molecular weight is 221 g/mol. The second kappa shape index (κ2) is 3.31. The quantitative estimate of drug-likeness (QED) is 0.679. The van der Waals surface area contributed by atoms with E-state index in [2.05, 4.69) is 5.32 Å².